The summed E-state index contributed by atoms with van der Waals surface area (Å²) in [5.74, 6) is 0.338. The molecule has 18 heteroatoms. The van der Waals surface area contributed by atoms with Crippen molar-refractivity contribution in [3.05, 3.63) is 65.4 Å². The fraction of sp³-hybridized carbons (Fsp3) is 0.556. The molecule has 11 rings (SSSR count). The number of aromatic nitrogens is 2. The molecule has 6 aliphatic heterocycles. The van der Waals surface area contributed by atoms with E-state index in [1.807, 2.05) is 29.2 Å². The van der Waals surface area contributed by atoms with Crippen LogP contribution < -0.4 is 25.3 Å². The van der Waals surface area contributed by atoms with Gasteiger partial charge in [-0.15, -0.1) is 0 Å². The Hall–Kier alpha value is -5.17. The van der Waals surface area contributed by atoms with Crippen LogP contribution in [0, 0.1) is 0 Å². The van der Waals surface area contributed by atoms with Crippen LogP contribution in [0.1, 0.15) is 85.7 Å². The number of carbonyl (C=O) groups excluding carboxylic acids is 4. The fourth-order valence-corrected chi connectivity index (χ4v) is 12.6. The minimum absolute atomic E-state index is 0.0189. The van der Waals surface area contributed by atoms with Crippen LogP contribution in [0.15, 0.2) is 53.6 Å². The number of rotatable bonds is 9. The Morgan fingerprint density at radius 2 is 1.62 bits per heavy atom. The zero-order chi connectivity index (χ0) is 43.2. The molecule has 1 unspecified atom stereocenters. The quantitative estimate of drug-likeness (QED) is 0.266. The normalized spacial score (nSPS) is 26.8. The minimum Gasteiger partial charge on any atom is -0.393 e. The SMILES string of the molecule is O=C1CCC(N2Cc3cc(N4CCN(C5CN(c6cccc(S(=O)(=O)N7CCC(Nc8ncc9c(n8)N([C@H]8CCC[C@H](O)C8)C(=O)C98CC8)CC7)c6)C5)CC4)ccc3C2=O)C(=O)N1. The summed E-state index contributed by atoms with van der Waals surface area (Å²) in [6.45, 7) is 6.18. The van der Waals surface area contributed by atoms with Gasteiger partial charge in [0.05, 0.1) is 16.4 Å². The van der Waals surface area contributed by atoms with Crippen molar-refractivity contribution < 1.29 is 32.7 Å². The number of sulfonamides is 1. The van der Waals surface area contributed by atoms with Crippen LogP contribution in [0.5, 0.6) is 0 Å². The maximum Gasteiger partial charge on any atom is 0.255 e. The van der Waals surface area contributed by atoms with Gasteiger partial charge >= 0.3 is 0 Å². The topological polar surface area (TPSA) is 192 Å². The van der Waals surface area contributed by atoms with Crippen LogP contribution in [-0.2, 0) is 36.4 Å². The number of carbonyl (C=O) groups is 4. The molecule has 63 heavy (non-hydrogen) atoms. The highest BCUT2D eigenvalue weighted by atomic mass is 32.2. The van der Waals surface area contributed by atoms with Crippen LogP contribution in [0.3, 0.4) is 0 Å². The Kier molecular flexibility index (Phi) is 10.0. The van der Waals surface area contributed by atoms with Crippen LogP contribution in [0.4, 0.5) is 23.1 Å². The molecule has 3 aromatic rings. The maximum absolute atomic E-state index is 14.0. The number of aliphatic hydroxyl groups is 1. The van der Waals surface area contributed by atoms with E-state index >= 15 is 0 Å². The summed E-state index contributed by atoms with van der Waals surface area (Å²) in [5, 5.41) is 16.2. The first-order chi connectivity index (χ1) is 30.4. The van der Waals surface area contributed by atoms with Crippen molar-refractivity contribution in [2.24, 2.45) is 0 Å². The first kappa shape index (κ1) is 40.6. The number of nitrogens with zero attached hydrogens (tertiary/aromatic N) is 8. The van der Waals surface area contributed by atoms with Crippen molar-refractivity contribution in [2.45, 2.75) is 111 Å². The van der Waals surface area contributed by atoms with Crippen molar-refractivity contribution in [2.75, 3.05) is 72.4 Å². The number of aliphatic hydroxyl groups excluding tert-OH is 1. The lowest BCUT2D eigenvalue weighted by molar-refractivity contribution is -0.137. The number of fused-ring (bicyclic) bond motifs is 3. The van der Waals surface area contributed by atoms with Gasteiger partial charge in [0, 0.05) is 112 Å². The number of piperidine rings is 2. The van der Waals surface area contributed by atoms with E-state index in [0.717, 1.165) is 93.9 Å². The minimum atomic E-state index is -3.71. The standard InChI is InChI=1S/C45H54N10O7S/c56-34-5-1-4-32(22-34)55-40-37(45(13-14-45)43(55)60)24-46-44(49-40)47-29-11-15-53(16-12-29)63(61,62)35-6-2-3-30(23-35)52-26-33(27-52)51-19-17-50(18-20-51)31-7-8-36-28(21-31)25-54(42(36)59)38-9-10-39(57)48-41(38)58/h2-3,6-8,21,23-24,29,32-34,38,56H,1,4-5,9-20,22,25-27H2,(H,46,47,49)(H,48,57,58)/t32-,34-,38?/m0/s1. The number of hydrogen-bond acceptors (Lipinski definition) is 13. The highest BCUT2D eigenvalue weighted by molar-refractivity contribution is 7.89. The summed E-state index contributed by atoms with van der Waals surface area (Å²) in [6.07, 6.45) is 7.80. The smallest absolute Gasteiger partial charge is 0.255 e. The number of imide groups is 1. The Labute approximate surface area is 366 Å². The summed E-state index contributed by atoms with van der Waals surface area (Å²) in [5.41, 5.74) is 3.86. The van der Waals surface area contributed by atoms with Gasteiger partial charge in [-0.3, -0.25) is 34.3 Å². The molecule has 4 saturated heterocycles. The van der Waals surface area contributed by atoms with Crippen molar-refractivity contribution >= 4 is 56.8 Å². The predicted molar refractivity (Wildman–Crippen MR) is 233 cm³/mol. The van der Waals surface area contributed by atoms with E-state index in [-0.39, 0.29) is 36.2 Å². The Morgan fingerprint density at radius 1 is 0.841 bits per heavy atom. The second-order valence-corrected chi connectivity index (χ2v) is 20.7. The van der Waals surface area contributed by atoms with Gasteiger partial charge in [0.1, 0.15) is 11.9 Å². The molecular formula is C45H54N10O7S. The molecule has 1 aromatic heterocycles. The average Bonchev–Trinajstić information content (AvgIpc) is 3.96. The van der Waals surface area contributed by atoms with Crippen molar-refractivity contribution in [3.63, 3.8) is 0 Å². The second-order valence-electron chi connectivity index (χ2n) is 18.8. The van der Waals surface area contributed by atoms with E-state index in [0.29, 0.717) is 73.6 Å². The molecule has 7 heterocycles. The van der Waals surface area contributed by atoms with Gasteiger partial charge in [-0.05, 0) is 99.7 Å². The highest BCUT2D eigenvalue weighted by Crippen LogP contribution is 2.57. The number of benzene rings is 2. The van der Waals surface area contributed by atoms with Gasteiger partial charge in [-0.1, -0.05) is 6.07 Å². The van der Waals surface area contributed by atoms with Crippen molar-refractivity contribution in [3.8, 4) is 0 Å². The zero-order valence-corrected chi connectivity index (χ0v) is 36.1. The monoisotopic (exact) mass is 878 g/mol. The van der Waals surface area contributed by atoms with Crippen LogP contribution in [-0.4, -0.2) is 144 Å². The van der Waals surface area contributed by atoms with Gasteiger partial charge in [0.25, 0.3) is 5.91 Å². The first-order valence-electron chi connectivity index (χ1n) is 22.7. The highest BCUT2D eigenvalue weighted by Gasteiger charge is 2.61. The first-order valence-corrected chi connectivity index (χ1v) is 24.2. The lowest BCUT2D eigenvalue weighted by Gasteiger charge is -2.49. The van der Waals surface area contributed by atoms with Gasteiger partial charge < -0.3 is 25.1 Å². The second kappa shape index (κ2) is 15.5. The molecule has 3 N–H and O–H groups in total. The molecule has 17 nitrogen and oxygen atoms in total. The molecule has 2 aliphatic carbocycles. The van der Waals surface area contributed by atoms with Crippen molar-refractivity contribution in [1.82, 2.24) is 29.4 Å². The number of amides is 4. The molecule has 2 aromatic carbocycles. The van der Waals surface area contributed by atoms with E-state index in [9.17, 15) is 32.7 Å². The molecule has 6 fully saturated rings. The van der Waals surface area contributed by atoms with Gasteiger partial charge in [0.15, 0.2) is 0 Å². The third-order valence-corrected chi connectivity index (χ3v) is 16.9. The van der Waals surface area contributed by atoms with Crippen LogP contribution in [0.25, 0.3) is 0 Å². The molecule has 4 amide bonds. The molecule has 3 atom stereocenters. The Morgan fingerprint density at radius 3 is 2.37 bits per heavy atom. The predicted octanol–water partition coefficient (Wildman–Crippen LogP) is 2.20. The van der Waals surface area contributed by atoms with E-state index < -0.39 is 33.5 Å². The molecule has 332 valence electrons. The number of hydrogen-bond donors (Lipinski definition) is 3. The molecule has 2 saturated carbocycles. The molecule has 8 aliphatic rings. The number of piperazine rings is 1. The molecule has 0 radical (unpaired) electrons. The third-order valence-electron chi connectivity index (χ3n) is 15.0. The summed E-state index contributed by atoms with van der Waals surface area (Å²) < 4.78 is 29.5. The Balaban J connectivity index is 0.666. The van der Waals surface area contributed by atoms with Crippen LogP contribution >= 0.6 is 0 Å². The fourth-order valence-electron chi connectivity index (χ4n) is 11.1. The maximum atomic E-state index is 14.0. The summed E-state index contributed by atoms with van der Waals surface area (Å²) >= 11 is 0. The number of anilines is 4. The Bertz CT molecular complexity index is 2480. The lowest BCUT2D eigenvalue weighted by atomic mass is 9.92. The van der Waals surface area contributed by atoms with Gasteiger partial charge in [-0.25, -0.2) is 13.4 Å². The largest absolute Gasteiger partial charge is 0.393 e. The van der Waals surface area contributed by atoms with E-state index in [1.165, 1.54) is 0 Å². The number of nitrogens with one attached hydrogen (secondary N) is 2. The average molecular weight is 879 g/mol. The molecule has 1 spiro atoms. The van der Waals surface area contributed by atoms with Crippen molar-refractivity contribution in [1.29, 1.82) is 0 Å². The molecular weight excluding hydrogens is 825 g/mol. The zero-order valence-electron chi connectivity index (χ0n) is 35.3. The summed E-state index contributed by atoms with van der Waals surface area (Å²) in [4.78, 5) is 71.3. The van der Waals surface area contributed by atoms with E-state index in [4.69, 9.17) is 4.98 Å². The van der Waals surface area contributed by atoms with Gasteiger partial charge in [-0.2, -0.15) is 9.29 Å². The van der Waals surface area contributed by atoms with Gasteiger partial charge in [0.2, 0.25) is 33.7 Å². The lowest BCUT2D eigenvalue weighted by Crippen LogP contribution is -2.63. The summed E-state index contributed by atoms with van der Waals surface area (Å²) in [7, 11) is -3.71. The summed E-state index contributed by atoms with van der Waals surface area (Å²) in [6, 6.07) is 12.9. The van der Waals surface area contributed by atoms with Crippen LogP contribution in [0.2, 0.25) is 0 Å². The third kappa shape index (κ3) is 7.13. The van der Waals surface area contributed by atoms with E-state index in [1.54, 1.807) is 27.5 Å². The molecule has 0 bridgehead atoms. The van der Waals surface area contributed by atoms with E-state index in [2.05, 4.69) is 36.4 Å².